The second-order valence-electron chi connectivity index (χ2n) is 19.7. The molecule has 11 aromatic carbocycles. The van der Waals surface area contributed by atoms with E-state index in [0.717, 1.165) is 88.4 Å². The van der Waals surface area contributed by atoms with E-state index in [-0.39, 0.29) is 0 Å². The quantitative estimate of drug-likeness (QED) is 0.166. The Balaban J connectivity index is 0.848. The highest BCUT2D eigenvalue weighted by atomic mass is 16.3. The number of benzene rings is 11. The number of para-hydroxylation sites is 1. The first kappa shape index (κ1) is 41.6. The minimum absolute atomic E-state index is 0.410. The van der Waals surface area contributed by atoms with Gasteiger partial charge in [0.05, 0.1) is 5.41 Å². The van der Waals surface area contributed by atoms with Gasteiger partial charge in [0.1, 0.15) is 22.3 Å². The van der Waals surface area contributed by atoms with E-state index in [4.69, 9.17) is 23.8 Å². The molecule has 0 amide bonds. The van der Waals surface area contributed by atoms with E-state index in [2.05, 4.69) is 200 Å². The number of rotatable bonds is 6. The van der Waals surface area contributed by atoms with Gasteiger partial charge in [-0.15, -0.1) is 0 Å². The molecule has 3 aromatic heterocycles. The number of hydrogen-bond donors (Lipinski definition) is 0. The molecule has 75 heavy (non-hydrogen) atoms. The van der Waals surface area contributed by atoms with Crippen LogP contribution in [-0.2, 0) is 5.41 Å². The molecule has 0 bridgehead atoms. The zero-order valence-corrected chi connectivity index (χ0v) is 40.3. The van der Waals surface area contributed by atoms with Gasteiger partial charge in [0, 0.05) is 38.2 Å². The lowest BCUT2D eigenvalue weighted by atomic mass is 9.70. The van der Waals surface area contributed by atoms with Gasteiger partial charge in [0.15, 0.2) is 17.5 Å². The maximum Gasteiger partial charge on any atom is 0.164 e. The Morgan fingerprint density at radius 3 is 1.49 bits per heavy atom. The molecule has 2 aliphatic carbocycles. The fraction of sp³-hybridized carbons (Fsp3) is 0.0143. The maximum absolute atomic E-state index is 6.67. The number of nitrogens with zero attached hydrogens (tertiary/aromatic N) is 3. The van der Waals surface area contributed by atoms with Crippen LogP contribution in [0.3, 0.4) is 0 Å². The summed E-state index contributed by atoms with van der Waals surface area (Å²) < 4.78 is 12.9. The zero-order chi connectivity index (χ0) is 49.2. The normalized spacial score (nSPS) is 12.9. The van der Waals surface area contributed by atoms with Gasteiger partial charge in [-0.2, -0.15) is 0 Å². The number of fused-ring (bicyclic) bond motifs is 16. The highest BCUT2D eigenvalue weighted by Crippen LogP contribution is 2.64. The molecule has 5 nitrogen and oxygen atoms in total. The van der Waals surface area contributed by atoms with E-state index in [1.807, 2.05) is 48.5 Å². The molecule has 0 radical (unpaired) electrons. The highest BCUT2D eigenvalue weighted by molar-refractivity contribution is 6.13. The van der Waals surface area contributed by atoms with Crippen molar-refractivity contribution in [3.63, 3.8) is 0 Å². The second-order valence-corrected chi connectivity index (χ2v) is 19.7. The molecule has 348 valence electrons. The van der Waals surface area contributed by atoms with Crippen LogP contribution in [0, 0.1) is 0 Å². The van der Waals surface area contributed by atoms with Crippen molar-refractivity contribution in [2.75, 3.05) is 0 Å². The zero-order valence-electron chi connectivity index (χ0n) is 40.3. The molecular weight excluding hydrogens is 915 g/mol. The van der Waals surface area contributed by atoms with Crippen molar-refractivity contribution in [1.29, 1.82) is 0 Å². The van der Waals surface area contributed by atoms with Crippen LogP contribution < -0.4 is 0 Å². The minimum Gasteiger partial charge on any atom is -0.456 e. The summed E-state index contributed by atoms with van der Waals surface area (Å²) in [7, 11) is 0. The third-order valence-electron chi connectivity index (χ3n) is 15.8. The van der Waals surface area contributed by atoms with Gasteiger partial charge in [-0.05, 0) is 132 Å². The SMILES string of the molecule is c1ccc(-c2cccc(-c3nc(-c4ccc5oc6ccccc6c5c4)nc(-c4cccc5oc6ccc(-c7cccc(-c8cccc9c8-c8ccccc8C98c9ccccc9-c9ccccc98)c7)cc6c45)n3)c2)cc1. The summed E-state index contributed by atoms with van der Waals surface area (Å²) in [6.07, 6.45) is 0. The van der Waals surface area contributed by atoms with Crippen LogP contribution in [0.25, 0.3) is 134 Å². The molecule has 0 aliphatic heterocycles. The summed E-state index contributed by atoms with van der Waals surface area (Å²) in [5.41, 5.74) is 22.7. The molecule has 0 saturated heterocycles. The predicted octanol–water partition coefficient (Wildman–Crippen LogP) is 18.0. The largest absolute Gasteiger partial charge is 0.456 e. The van der Waals surface area contributed by atoms with Gasteiger partial charge in [-0.1, -0.05) is 194 Å². The molecular formula is C70H41N3O2. The van der Waals surface area contributed by atoms with Crippen molar-refractivity contribution >= 4 is 43.9 Å². The van der Waals surface area contributed by atoms with Crippen LogP contribution in [0.2, 0.25) is 0 Å². The van der Waals surface area contributed by atoms with Gasteiger partial charge in [-0.25, -0.2) is 15.0 Å². The van der Waals surface area contributed by atoms with Crippen LogP contribution >= 0.6 is 0 Å². The van der Waals surface area contributed by atoms with Crippen molar-refractivity contribution in [2.45, 2.75) is 5.41 Å². The Bertz CT molecular complexity index is 4630. The molecule has 0 fully saturated rings. The monoisotopic (exact) mass is 955 g/mol. The molecule has 0 saturated carbocycles. The van der Waals surface area contributed by atoms with Gasteiger partial charge >= 0.3 is 0 Å². The maximum atomic E-state index is 6.67. The van der Waals surface area contributed by atoms with Gasteiger partial charge in [0.25, 0.3) is 0 Å². The molecule has 5 heteroatoms. The highest BCUT2D eigenvalue weighted by Gasteiger charge is 2.52. The third kappa shape index (κ3) is 6.16. The van der Waals surface area contributed by atoms with Crippen molar-refractivity contribution in [1.82, 2.24) is 15.0 Å². The predicted molar refractivity (Wildman–Crippen MR) is 303 cm³/mol. The van der Waals surface area contributed by atoms with Crippen LogP contribution in [0.4, 0.5) is 0 Å². The van der Waals surface area contributed by atoms with Crippen LogP contribution in [0.15, 0.2) is 258 Å². The third-order valence-corrected chi connectivity index (χ3v) is 15.8. The lowest BCUT2D eigenvalue weighted by molar-refractivity contribution is 0.668. The van der Waals surface area contributed by atoms with Crippen molar-refractivity contribution in [3.05, 3.63) is 271 Å². The van der Waals surface area contributed by atoms with Crippen LogP contribution in [-0.4, -0.2) is 15.0 Å². The van der Waals surface area contributed by atoms with E-state index < -0.39 is 5.41 Å². The molecule has 0 atom stereocenters. The fourth-order valence-electron chi connectivity index (χ4n) is 12.5. The summed E-state index contributed by atoms with van der Waals surface area (Å²) in [5.74, 6) is 1.70. The first-order chi connectivity index (χ1) is 37.2. The Kier molecular flexibility index (Phi) is 8.89. The molecule has 0 N–H and O–H groups in total. The Hall–Kier alpha value is -9.97. The average Bonchev–Trinajstić information content (AvgIpc) is 4.23. The summed E-state index contributed by atoms with van der Waals surface area (Å²) in [6.45, 7) is 0. The van der Waals surface area contributed by atoms with Crippen molar-refractivity contribution in [2.24, 2.45) is 0 Å². The van der Waals surface area contributed by atoms with Crippen LogP contribution in [0.1, 0.15) is 22.3 Å². The van der Waals surface area contributed by atoms with Crippen molar-refractivity contribution in [3.8, 4) is 89.8 Å². The lowest BCUT2D eigenvalue weighted by Gasteiger charge is -2.30. The molecule has 16 rings (SSSR count). The smallest absolute Gasteiger partial charge is 0.164 e. The molecule has 3 heterocycles. The van der Waals surface area contributed by atoms with E-state index >= 15 is 0 Å². The lowest BCUT2D eigenvalue weighted by Crippen LogP contribution is -2.25. The number of furan rings is 2. The number of hydrogen-bond acceptors (Lipinski definition) is 5. The molecule has 0 unspecified atom stereocenters. The van der Waals surface area contributed by atoms with E-state index in [0.29, 0.717) is 17.5 Å². The summed E-state index contributed by atoms with van der Waals surface area (Å²) in [6, 6.07) is 88.8. The molecule has 2 aliphatic rings. The Morgan fingerprint density at radius 1 is 0.253 bits per heavy atom. The number of aromatic nitrogens is 3. The molecule has 1 spiro atoms. The fourth-order valence-corrected chi connectivity index (χ4v) is 12.5. The van der Waals surface area contributed by atoms with Crippen LogP contribution in [0.5, 0.6) is 0 Å². The van der Waals surface area contributed by atoms with Gasteiger partial charge in [-0.3, -0.25) is 0 Å². The van der Waals surface area contributed by atoms with Gasteiger partial charge < -0.3 is 8.83 Å². The molecule has 14 aromatic rings. The van der Waals surface area contributed by atoms with E-state index in [1.165, 1.54) is 50.1 Å². The summed E-state index contributed by atoms with van der Waals surface area (Å²) >= 11 is 0. The standard InChI is InChI=1S/C70H41N3O2/c1-2-16-42(17-3-1)43-18-13-21-47(39-43)67-71-68(48-35-37-62-55(41-48)52-24-7-11-32-61(52)74-62)73-69(72-67)54-27-15-33-64-66(54)56-40-45(34-36-63(56)75-64)44-19-12-20-46(38-44)49-26-14-31-60-65(49)53-25-6-10-30-59(53)70(60)57-28-8-4-22-50(57)51-23-5-9-29-58(51)70/h1-41H. The Morgan fingerprint density at radius 2 is 0.707 bits per heavy atom. The summed E-state index contributed by atoms with van der Waals surface area (Å²) in [4.78, 5) is 15.8. The Labute approximate surface area is 431 Å². The van der Waals surface area contributed by atoms with Crippen molar-refractivity contribution < 1.29 is 8.83 Å². The van der Waals surface area contributed by atoms with Gasteiger partial charge in [0.2, 0.25) is 0 Å². The average molecular weight is 956 g/mol. The minimum atomic E-state index is -0.410. The summed E-state index contributed by atoms with van der Waals surface area (Å²) in [5, 5.41) is 3.98. The first-order valence-electron chi connectivity index (χ1n) is 25.5. The topological polar surface area (TPSA) is 65.0 Å². The second kappa shape index (κ2) is 16.0. The first-order valence-corrected chi connectivity index (χ1v) is 25.5. The van der Waals surface area contributed by atoms with E-state index in [1.54, 1.807) is 0 Å². The van der Waals surface area contributed by atoms with E-state index in [9.17, 15) is 0 Å².